The summed E-state index contributed by atoms with van der Waals surface area (Å²) in [5, 5.41) is 29.5. The number of aliphatic hydroxyl groups excluding tert-OH is 3. The molecule has 2 aliphatic heterocycles. The summed E-state index contributed by atoms with van der Waals surface area (Å²) >= 11 is 0. The van der Waals surface area contributed by atoms with Gasteiger partial charge in [-0.2, -0.15) is 0 Å². The summed E-state index contributed by atoms with van der Waals surface area (Å²) in [6.45, 7) is 2.72. The van der Waals surface area contributed by atoms with E-state index in [4.69, 9.17) is 18.9 Å². The monoisotopic (exact) mass is 340 g/mol. The molecule has 0 spiro atoms. The Bertz CT molecular complexity index is 549. The first-order valence-electron chi connectivity index (χ1n) is 8.00. The lowest BCUT2D eigenvalue weighted by molar-refractivity contribution is -0.259. The van der Waals surface area contributed by atoms with Crippen LogP contribution in [0.4, 0.5) is 0 Å². The summed E-state index contributed by atoms with van der Waals surface area (Å²) in [6.07, 6.45) is -3.70. The van der Waals surface area contributed by atoms with Crippen LogP contribution in [-0.2, 0) is 25.6 Å². The predicted octanol–water partition coefficient (Wildman–Crippen LogP) is 0.164. The maximum Gasteiger partial charge on any atom is 0.190 e. The zero-order valence-corrected chi connectivity index (χ0v) is 13.8. The molecular weight excluding hydrogens is 316 g/mol. The molecule has 3 N–H and O–H groups in total. The third-order valence-corrected chi connectivity index (χ3v) is 4.44. The van der Waals surface area contributed by atoms with E-state index in [2.05, 4.69) is 0 Å². The zero-order chi connectivity index (χ0) is 17.4. The molecule has 0 amide bonds. The van der Waals surface area contributed by atoms with Gasteiger partial charge in [-0.05, 0) is 19.4 Å². The fraction of sp³-hybridized carbons (Fsp3) is 0.647. The molecule has 2 saturated heterocycles. The lowest BCUT2D eigenvalue weighted by atomic mass is 9.89. The van der Waals surface area contributed by atoms with Crippen LogP contribution in [0.15, 0.2) is 30.3 Å². The van der Waals surface area contributed by atoms with Gasteiger partial charge in [0.1, 0.15) is 18.3 Å². The standard InChI is InChI=1S/C17H24O7/c1-16(2)23-14-15(24-16)22-13(12(20)8-18)17(14,10-19)21-9-11-6-4-3-5-7-11/h3-7,12-15,18-20H,8-10H2,1-2H3/t12?,13-,14+,15-,17-/m1/s1. The Morgan fingerprint density at radius 3 is 2.50 bits per heavy atom. The minimum atomic E-state index is -1.34. The first kappa shape index (κ1) is 17.8. The maximum atomic E-state index is 10.1. The summed E-state index contributed by atoms with van der Waals surface area (Å²) in [5.74, 6) is -0.888. The van der Waals surface area contributed by atoms with E-state index in [1.807, 2.05) is 30.3 Å². The number of hydrogen-bond acceptors (Lipinski definition) is 7. The van der Waals surface area contributed by atoms with Crippen LogP contribution in [0.2, 0.25) is 0 Å². The average Bonchev–Trinajstić information content (AvgIpc) is 3.04. The molecular formula is C17H24O7. The Morgan fingerprint density at radius 1 is 1.17 bits per heavy atom. The summed E-state index contributed by atoms with van der Waals surface area (Å²) in [7, 11) is 0. The van der Waals surface area contributed by atoms with Crippen LogP contribution in [0.1, 0.15) is 19.4 Å². The van der Waals surface area contributed by atoms with E-state index in [0.717, 1.165) is 5.56 Å². The average molecular weight is 340 g/mol. The SMILES string of the molecule is CC1(C)O[C@H]2O[C@H](C(O)CO)[C@@](CO)(OCc3ccccc3)[C@H]2O1. The van der Waals surface area contributed by atoms with Crippen LogP contribution in [0.5, 0.6) is 0 Å². The molecule has 0 saturated carbocycles. The van der Waals surface area contributed by atoms with E-state index < -0.39 is 49.2 Å². The number of fused-ring (bicyclic) bond motifs is 1. The van der Waals surface area contributed by atoms with Crippen molar-refractivity contribution in [1.82, 2.24) is 0 Å². The van der Waals surface area contributed by atoms with Gasteiger partial charge in [0.25, 0.3) is 0 Å². The van der Waals surface area contributed by atoms with Crippen molar-refractivity contribution in [1.29, 1.82) is 0 Å². The Kier molecular flexibility index (Phi) is 4.94. The van der Waals surface area contributed by atoms with E-state index in [9.17, 15) is 15.3 Å². The van der Waals surface area contributed by atoms with E-state index in [0.29, 0.717) is 0 Å². The largest absolute Gasteiger partial charge is 0.394 e. The van der Waals surface area contributed by atoms with Crippen molar-refractivity contribution in [3.8, 4) is 0 Å². The second kappa shape index (κ2) is 6.68. The quantitative estimate of drug-likeness (QED) is 0.679. The van der Waals surface area contributed by atoms with Gasteiger partial charge in [-0.1, -0.05) is 30.3 Å². The molecule has 1 unspecified atom stereocenters. The topological polar surface area (TPSA) is 97.6 Å². The first-order chi connectivity index (χ1) is 11.4. The van der Waals surface area contributed by atoms with Crippen molar-refractivity contribution in [2.75, 3.05) is 13.2 Å². The molecule has 24 heavy (non-hydrogen) atoms. The van der Waals surface area contributed by atoms with Crippen LogP contribution >= 0.6 is 0 Å². The minimum Gasteiger partial charge on any atom is -0.394 e. The molecule has 0 bridgehead atoms. The Labute approximate surface area is 140 Å². The molecule has 3 rings (SSSR count). The lowest BCUT2D eigenvalue weighted by Crippen LogP contribution is -2.58. The molecule has 2 fully saturated rings. The van der Waals surface area contributed by atoms with Gasteiger partial charge in [0.05, 0.1) is 19.8 Å². The van der Waals surface area contributed by atoms with Crippen LogP contribution in [0, 0.1) is 0 Å². The van der Waals surface area contributed by atoms with Crippen molar-refractivity contribution in [3.63, 3.8) is 0 Å². The van der Waals surface area contributed by atoms with Crippen LogP contribution < -0.4 is 0 Å². The molecule has 0 aliphatic carbocycles. The highest BCUT2D eigenvalue weighted by Gasteiger charge is 2.66. The summed E-state index contributed by atoms with van der Waals surface area (Å²) < 4.78 is 23.3. The van der Waals surface area contributed by atoms with Crippen molar-refractivity contribution in [2.45, 2.75) is 56.4 Å². The minimum absolute atomic E-state index is 0.201. The molecule has 5 atom stereocenters. The van der Waals surface area contributed by atoms with E-state index in [1.165, 1.54) is 0 Å². The molecule has 0 aromatic heterocycles. The first-order valence-corrected chi connectivity index (χ1v) is 8.00. The van der Waals surface area contributed by atoms with Crippen molar-refractivity contribution < 1.29 is 34.3 Å². The van der Waals surface area contributed by atoms with E-state index in [-0.39, 0.29) is 6.61 Å². The molecule has 134 valence electrons. The summed E-state index contributed by atoms with van der Waals surface area (Å²) in [4.78, 5) is 0. The van der Waals surface area contributed by atoms with Gasteiger partial charge in [-0.15, -0.1) is 0 Å². The highest BCUT2D eigenvalue weighted by atomic mass is 16.8. The Morgan fingerprint density at radius 2 is 1.88 bits per heavy atom. The van der Waals surface area contributed by atoms with E-state index >= 15 is 0 Å². The van der Waals surface area contributed by atoms with Gasteiger partial charge in [0.15, 0.2) is 17.7 Å². The number of benzene rings is 1. The Hall–Kier alpha value is -1.06. The highest BCUT2D eigenvalue weighted by Crippen LogP contribution is 2.46. The maximum absolute atomic E-state index is 10.1. The molecule has 2 aliphatic rings. The van der Waals surface area contributed by atoms with Crippen LogP contribution in [0.3, 0.4) is 0 Å². The highest BCUT2D eigenvalue weighted by molar-refractivity contribution is 5.15. The third-order valence-electron chi connectivity index (χ3n) is 4.44. The van der Waals surface area contributed by atoms with Gasteiger partial charge >= 0.3 is 0 Å². The van der Waals surface area contributed by atoms with Crippen molar-refractivity contribution in [2.24, 2.45) is 0 Å². The molecule has 2 heterocycles. The third kappa shape index (κ3) is 3.09. The van der Waals surface area contributed by atoms with Gasteiger partial charge in [0.2, 0.25) is 0 Å². The molecule has 0 radical (unpaired) electrons. The Balaban J connectivity index is 1.86. The van der Waals surface area contributed by atoms with Crippen molar-refractivity contribution >= 4 is 0 Å². The molecule has 1 aromatic rings. The molecule has 7 nitrogen and oxygen atoms in total. The fourth-order valence-corrected chi connectivity index (χ4v) is 3.28. The second-order valence-electron chi connectivity index (χ2n) is 6.62. The van der Waals surface area contributed by atoms with Crippen molar-refractivity contribution in [3.05, 3.63) is 35.9 Å². The normalized spacial score (nSPS) is 35.8. The number of aliphatic hydroxyl groups is 3. The van der Waals surface area contributed by atoms with Crippen LogP contribution in [-0.4, -0.2) is 64.5 Å². The van der Waals surface area contributed by atoms with Gasteiger partial charge in [0, 0.05) is 0 Å². The lowest BCUT2D eigenvalue weighted by Gasteiger charge is -2.38. The number of hydrogen-bond donors (Lipinski definition) is 3. The van der Waals surface area contributed by atoms with Gasteiger partial charge in [-0.3, -0.25) is 0 Å². The summed E-state index contributed by atoms with van der Waals surface area (Å²) in [6, 6.07) is 9.46. The number of ether oxygens (including phenoxy) is 4. The molecule has 7 heteroatoms. The smallest absolute Gasteiger partial charge is 0.190 e. The van der Waals surface area contributed by atoms with E-state index in [1.54, 1.807) is 13.8 Å². The van der Waals surface area contributed by atoms with Crippen LogP contribution in [0.25, 0.3) is 0 Å². The summed E-state index contributed by atoms with van der Waals surface area (Å²) in [5.41, 5.74) is -0.430. The van der Waals surface area contributed by atoms with Gasteiger partial charge in [-0.25, -0.2) is 0 Å². The van der Waals surface area contributed by atoms with Gasteiger partial charge < -0.3 is 34.3 Å². The number of rotatable bonds is 6. The fourth-order valence-electron chi connectivity index (χ4n) is 3.28. The second-order valence-corrected chi connectivity index (χ2v) is 6.62. The zero-order valence-electron chi connectivity index (χ0n) is 13.8. The molecule has 1 aromatic carbocycles. The predicted molar refractivity (Wildman–Crippen MR) is 82.8 cm³/mol.